The minimum atomic E-state index is -2.88. The van der Waals surface area contributed by atoms with Gasteiger partial charge in [0.25, 0.3) is 0 Å². The molecule has 162 valence electrons. The molecule has 1 amide bonds. The standard InChI is InChI=1S/C22H27F2N3O3/c1-4-27-14-18(29-20-8-6-5-7-19(20)27)13-26(3)15(2)21(28)25-16-9-11-17(12-10-16)30-22(23)24/h5-12,15,18,22H,4,13-14H2,1-3H3,(H,25,28)/t15-,18+/m1/s1. The van der Waals surface area contributed by atoms with Crippen LogP contribution < -0.4 is 19.7 Å². The van der Waals surface area contributed by atoms with E-state index in [1.807, 2.05) is 43.1 Å². The lowest BCUT2D eigenvalue weighted by Gasteiger charge is -2.38. The molecule has 2 aromatic rings. The quantitative estimate of drug-likeness (QED) is 0.705. The SMILES string of the molecule is CCN1C[C@H](CN(C)[C@H](C)C(=O)Nc2ccc(OC(F)F)cc2)Oc2ccccc21. The molecule has 8 heteroatoms. The van der Waals surface area contributed by atoms with Crippen LogP contribution in [0.15, 0.2) is 48.5 Å². The molecule has 3 rings (SSSR count). The highest BCUT2D eigenvalue weighted by atomic mass is 19.3. The van der Waals surface area contributed by atoms with Crippen LogP contribution in [-0.2, 0) is 4.79 Å². The third kappa shape index (κ3) is 5.38. The maximum atomic E-state index is 12.6. The number of anilines is 2. The average Bonchev–Trinajstić information content (AvgIpc) is 2.73. The Hall–Kier alpha value is -2.87. The van der Waals surface area contributed by atoms with Gasteiger partial charge in [-0.3, -0.25) is 9.69 Å². The summed E-state index contributed by atoms with van der Waals surface area (Å²) in [5, 5.41) is 2.80. The second kappa shape index (κ2) is 9.75. The number of para-hydroxylation sites is 2. The fraction of sp³-hybridized carbons (Fsp3) is 0.409. The van der Waals surface area contributed by atoms with Gasteiger partial charge in [0.15, 0.2) is 0 Å². The summed E-state index contributed by atoms with van der Waals surface area (Å²) < 4.78 is 34.9. The number of hydrogen-bond acceptors (Lipinski definition) is 5. The number of carbonyl (C=O) groups excluding carboxylic acids is 1. The molecule has 0 aromatic heterocycles. The van der Waals surface area contributed by atoms with Crippen molar-refractivity contribution in [3.63, 3.8) is 0 Å². The molecule has 0 aliphatic carbocycles. The molecule has 0 saturated heterocycles. The van der Waals surface area contributed by atoms with Crippen LogP contribution in [0.4, 0.5) is 20.2 Å². The molecule has 2 aromatic carbocycles. The number of benzene rings is 2. The number of amides is 1. The number of nitrogens with zero attached hydrogens (tertiary/aromatic N) is 2. The molecule has 1 N–H and O–H groups in total. The molecule has 1 aliphatic rings. The predicted molar refractivity (Wildman–Crippen MR) is 113 cm³/mol. The second-order valence-electron chi connectivity index (χ2n) is 7.25. The molecular formula is C22H27F2N3O3. The molecule has 0 fully saturated rings. The molecule has 6 nitrogen and oxygen atoms in total. The third-order valence-corrected chi connectivity index (χ3v) is 5.18. The first-order valence-corrected chi connectivity index (χ1v) is 9.94. The summed E-state index contributed by atoms with van der Waals surface area (Å²) >= 11 is 0. The average molecular weight is 419 g/mol. The number of halogens is 2. The zero-order valence-corrected chi connectivity index (χ0v) is 17.3. The first-order valence-electron chi connectivity index (χ1n) is 9.94. The van der Waals surface area contributed by atoms with Gasteiger partial charge < -0.3 is 19.7 Å². The van der Waals surface area contributed by atoms with E-state index in [9.17, 15) is 13.6 Å². The molecule has 0 radical (unpaired) electrons. The lowest BCUT2D eigenvalue weighted by Crippen LogP contribution is -2.49. The number of ether oxygens (including phenoxy) is 2. The summed E-state index contributed by atoms with van der Waals surface area (Å²) in [7, 11) is 1.88. The van der Waals surface area contributed by atoms with Crippen molar-refractivity contribution in [1.82, 2.24) is 4.90 Å². The van der Waals surface area contributed by atoms with E-state index in [1.54, 1.807) is 0 Å². The Balaban J connectivity index is 1.56. The number of alkyl halides is 2. The Morgan fingerprint density at radius 2 is 1.97 bits per heavy atom. The fourth-order valence-corrected chi connectivity index (χ4v) is 3.42. The number of likely N-dealkylation sites (N-methyl/N-ethyl adjacent to an activating group) is 2. The molecule has 2 atom stereocenters. The molecule has 0 saturated carbocycles. The van der Waals surface area contributed by atoms with E-state index in [4.69, 9.17) is 4.74 Å². The number of rotatable bonds is 8. The van der Waals surface area contributed by atoms with Crippen molar-refractivity contribution in [1.29, 1.82) is 0 Å². The highest BCUT2D eigenvalue weighted by molar-refractivity contribution is 5.94. The van der Waals surface area contributed by atoms with Crippen molar-refractivity contribution < 1.29 is 23.0 Å². The Kier molecular flexibility index (Phi) is 7.10. The molecular weight excluding hydrogens is 392 g/mol. The van der Waals surface area contributed by atoms with Gasteiger partial charge in [-0.15, -0.1) is 0 Å². The Morgan fingerprint density at radius 1 is 1.27 bits per heavy atom. The first-order chi connectivity index (χ1) is 14.4. The fourth-order valence-electron chi connectivity index (χ4n) is 3.42. The van der Waals surface area contributed by atoms with Gasteiger partial charge in [-0.2, -0.15) is 8.78 Å². The van der Waals surface area contributed by atoms with Crippen molar-refractivity contribution in [2.24, 2.45) is 0 Å². The van der Waals surface area contributed by atoms with Crippen molar-refractivity contribution in [3.8, 4) is 11.5 Å². The van der Waals surface area contributed by atoms with Crippen LogP contribution in [0, 0.1) is 0 Å². The van der Waals surface area contributed by atoms with Crippen LogP contribution in [0.25, 0.3) is 0 Å². The minimum Gasteiger partial charge on any atom is -0.485 e. The zero-order chi connectivity index (χ0) is 21.7. The van der Waals surface area contributed by atoms with Gasteiger partial charge >= 0.3 is 6.61 Å². The first kappa shape index (κ1) is 21.8. The highest BCUT2D eigenvalue weighted by Gasteiger charge is 2.28. The van der Waals surface area contributed by atoms with Crippen LogP contribution >= 0.6 is 0 Å². The van der Waals surface area contributed by atoms with Crippen LogP contribution in [0.5, 0.6) is 11.5 Å². The lowest BCUT2D eigenvalue weighted by molar-refractivity contribution is -0.120. The Morgan fingerprint density at radius 3 is 2.63 bits per heavy atom. The second-order valence-corrected chi connectivity index (χ2v) is 7.25. The van der Waals surface area contributed by atoms with Crippen molar-refractivity contribution in [3.05, 3.63) is 48.5 Å². The van der Waals surface area contributed by atoms with E-state index in [0.29, 0.717) is 12.2 Å². The smallest absolute Gasteiger partial charge is 0.387 e. The van der Waals surface area contributed by atoms with E-state index in [2.05, 4.69) is 21.9 Å². The van der Waals surface area contributed by atoms with E-state index in [1.165, 1.54) is 24.3 Å². The lowest BCUT2D eigenvalue weighted by atomic mass is 10.1. The maximum absolute atomic E-state index is 12.6. The topological polar surface area (TPSA) is 54.0 Å². The molecule has 0 spiro atoms. The summed E-state index contributed by atoms with van der Waals surface area (Å²) in [6.45, 7) is 3.26. The molecule has 0 unspecified atom stereocenters. The van der Waals surface area contributed by atoms with E-state index in [0.717, 1.165) is 24.5 Å². The van der Waals surface area contributed by atoms with Gasteiger partial charge in [-0.05, 0) is 57.3 Å². The summed E-state index contributed by atoms with van der Waals surface area (Å²) in [4.78, 5) is 16.8. The monoisotopic (exact) mass is 419 g/mol. The van der Waals surface area contributed by atoms with Crippen LogP contribution in [0.1, 0.15) is 13.8 Å². The Labute approximate surface area is 175 Å². The van der Waals surface area contributed by atoms with Gasteiger partial charge in [0.1, 0.15) is 17.6 Å². The van der Waals surface area contributed by atoms with Gasteiger partial charge in [0, 0.05) is 18.8 Å². The van der Waals surface area contributed by atoms with E-state index < -0.39 is 12.7 Å². The highest BCUT2D eigenvalue weighted by Crippen LogP contribution is 2.33. The van der Waals surface area contributed by atoms with E-state index >= 15 is 0 Å². The molecule has 1 heterocycles. The maximum Gasteiger partial charge on any atom is 0.387 e. The van der Waals surface area contributed by atoms with Crippen molar-refractivity contribution in [2.75, 3.05) is 36.9 Å². The molecule has 0 bridgehead atoms. The largest absolute Gasteiger partial charge is 0.485 e. The Bertz CT molecular complexity index is 848. The summed E-state index contributed by atoms with van der Waals surface area (Å²) in [5.41, 5.74) is 1.60. The van der Waals surface area contributed by atoms with Crippen LogP contribution in [0.3, 0.4) is 0 Å². The number of nitrogens with one attached hydrogen (secondary N) is 1. The third-order valence-electron chi connectivity index (χ3n) is 5.18. The summed E-state index contributed by atoms with van der Waals surface area (Å²) in [5.74, 6) is 0.708. The predicted octanol–water partition coefficient (Wildman–Crippen LogP) is 3.83. The van der Waals surface area contributed by atoms with Crippen LogP contribution in [-0.4, -0.2) is 56.2 Å². The number of fused-ring (bicyclic) bond motifs is 1. The van der Waals surface area contributed by atoms with Gasteiger partial charge in [0.2, 0.25) is 5.91 Å². The van der Waals surface area contributed by atoms with Crippen molar-refractivity contribution in [2.45, 2.75) is 32.6 Å². The number of hydrogen-bond donors (Lipinski definition) is 1. The molecule has 1 aliphatic heterocycles. The summed E-state index contributed by atoms with van der Waals surface area (Å²) in [6, 6.07) is 13.4. The van der Waals surface area contributed by atoms with Gasteiger partial charge in [-0.1, -0.05) is 12.1 Å². The normalized spacial score (nSPS) is 16.8. The van der Waals surface area contributed by atoms with Crippen molar-refractivity contribution >= 4 is 17.3 Å². The van der Waals surface area contributed by atoms with Gasteiger partial charge in [-0.25, -0.2) is 0 Å². The van der Waals surface area contributed by atoms with E-state index in [-0.39, 0.29) is 17.8 Å². The zero-order valence-electron chi connectivity index (χ0n) is 17.3. The minimum absolute atomic E-state index is 0.0448. The molecule has 30 heavy (non-hydrogen) atoms. The van der Waals surface area contributed by atoms with Gasteiger partial charge in [0.05, 0.1) is 18.3 Å². The number of carbonyl (C=O) groups is 1. The summed E-state index contributed by atoms with van der Waals surface area (Å²) in [6.07, 6.45) is -0.0640. The van der Waals surface area contributed by atoms with Crippen LogP contribution in [0.2, 0.25) is 0 Å².